The Kier molecular flexibility index (Phi) is 6.07. The molecule has 0 saturated carbocycles. The van der Waals surface area contributed by atoms with Crippen LogP contribution in [0.3, 0.4) is 0 Å². The number of nitrogens with one attached hydrogen (secondary N) is 1. The van der Waals surface area contributed by atoms with E-state index in [1.807, 2.05) is 4.90 Å². The number of carbonyl (C=O) groups is 1. The van der Waals surface area contributed by atoms with Gasteiger partial charge in [0.2, 0.25) is 0 Å². The van der Waals surface area contributed by atoms with Crippen molar-refractivity contribution in [1.82, 2.24) is 15.1 Å². The Bertz CT molecular complexity index is 528. The third kappa shape index (κ3) is 4.69. The van der Waals surface area contributed by atoms with Gasteiger partial charge in [-0.15, -0.1) is 0 Å². The normalized spacial score (nSPS) is 22.4. The van der Waals surface area contributed by atoms with E-state index in [1.54, 1.807) is 12.1 Å². The lowest BCUT2D eigenvalue weighted by molar-refractivity contribution is 0.153. The van der Waals surface area contributed by atoms with E-state index < -0.39 is 0 Å². The number of halogens is 1. The highest BCUT2D eigenvalue weighted by molar-refractivity contribution is 5.74. The molecule has 132 valence electrons. The minimum Gasteiger partial charge on any atom is -0.334 e. The molecule has 1 unspecified atom stereocenters. The van der Waals surface area contributed by atoms with Gasteiger partial charge >= 0.3 is 6.03 Å². The first kappa shape index (κ1) is 17.2. The third-order valence-electron chi connectivity index (χ3n) is 5.16. The highest BCUT2D eigenvalue weighted by atomic mass is 19.1. The maximum Gasteiger partial charge on any atom is 0.317 e. The second-order valence-electron chi connectivity index (χ2n) is 6.99. The number of benzene rings is 1. The van der Waals surface area contributed by atoms with Gasteiger partial charge in [0.15, 0.2) is 0 Å². The van der Waals surface area contributed by atoms with Crippen LogP contribution in [0.4, 0.5) is 9.18 Å². The van der Waals surface area contributed by atoms with E-state index in [-0.39, 0.29) is 11.8 Å². The molecule has 0 aromatic heterocycles. The Morgan fingerprint density at radius 3 is 2.50 bits per heavy atom. The van der Waals surface area contributed by atoms with Gasteiger partial charge in [0.1, 0.15) is 5.82 Å². The van der Waals surface area contributed by atoms with Crippen LogP contribution in [0.25, 0.3) is 0 Å². The number of nitrogens with zero attached hydrogens (tertiary/aromatic N) is 2. The number of carbonyl (C=O) groups excluding carboxylic acids is 1. The second-order valence-corrected chi connectivity index (χ2v) is 6.99. The second kappa shape index (κ2) is 8.47. The SMILES string of the molecule is O=C(NCc1ccc(F)cc1)N1CCCCCC1CN1CCCC1. The average Bonchev–Trinajstić information content (AvgIpc) is 2.99. The molecule has 0 bridgehead atoms. The molecule has 0 spiro atoms. The molecule has 0 aliphatic carbocycles. The standard InChI is InChI=1S/C19H28FN3O/c20-17-9-7-16(8-10-17)14-21-19(24)23-13-3-1-2-6-18(23)15-22-11-4-5-12-22/h7-10,18H,1-6,11-15H2,(H,21,24). The smallest absolute Gasteiger partial charge is 0.317 e. The van der Waals surface area contributed by atoms with E-state index in [1.165, 1.54) is 50.9 Å². The van der Waals surface area contributed by atoms with E-state index in [9.17, 15) is 9.18 Å². The first-order chi connectivity index (χ1) is 11.7. The van der Waals surface area contributed by atoms with Gasteiger partial charge in [-0.05, 0) is 56.5 Å². The fourth-order valence-corrected chi connectivity index (χ4v) is 3.78. The number of rotatable bonds is 4. The molecule has 1 N–H and O–H groups in total. The Morgan fingerprint density at radius 2 is 1.75 bits per heavy atom. The number of hydrogen-bond acceptors (Lipinski definition) is 2. The topological polar surface area (TPSA) is 35.6 Å². The van der Waals surface area contributed by atoms with E-state index in [4.69, 9.17) is 0 Å². The number of amides is 2. The first-order valence-corrected chi connectivity index (χ1v) is 9.23. The van der Waals surface area contributed by atoms with Crippen LogP contribution in [0.15, 0.2) is 24.3 Å². The summed E-state index contributed by atoms with van der Waals surface area (Å²) in [5, 5.41) is 3.02. The molecule has 24 heavy (non-hydrogen) atoms. The summed E-state index contributed by atoms with van der Waals surface area (Å²) in [5.41, 5.74) is 0.927. The summed E-state index contributed by atoms with van der Waals surface area (Å²) in [5.74, 6) is -0.247. The maximum absolute atomic E-state index is 13.0. The first-order valence-electron chi connectivity index (χ1n) is 9.23. The van der Waals surface area contributed by atoms with Crippen molar-refractivity contribution < 1.29 is 9.18 Å². The van der Waals surface area contributed by atoms with Gasteiger partial charge in [0.25, 0.3) is 0 Å². The van der Waals surface area contributed by atoms with Crippen LogP contribution in [0.1, 0.15) is 44.1 Å². The molecule has 1 aromatic rings. The largest absolute Gasteiger partial charge is 0.334 e. The summed E-state index contributed by atoms with van der Waals surface area (Å²) < 4.78 is 13.0. The minimum atomic E-state index is -0.247. The van der Waals surface area contributed by atoms with Gasteiger partial charge in [-0.3, -0.25) is 0 Å². The van der Waals surface area contributed by atoms with Crippen molar-refractivity contribution in [1.29, 1.82) is 0 Å². The summed E-state index contributed by atoms with van der Waals surface area (Å²) >= 11 is 0. The van der Waals surface area contributed by atoms with Crippen molar-refractivity contribution in [2.75, 3.05) is 26.2 Å². The van der Waals surface area contributed by atoms with E-state index in [2.05, 4.69) is 10.2 Å². The van der Waals surface area contributed by atoms with Crippen LogP contribution in [0.2, 0.25) is 0 Å². The van der Waals surface area contributed by atoms with E-state index >= 15 is 0 Å². The monoisotopic (exact) mass is 333 g/mol. The van der Waals surface area contributed by atoms with Crippen LogP contribution in [-0.4, -0.2) is 48.1 Å². The Labute approximate surface area is 144 Å². The van der Waals surface area contributed by atoms with Crippen LogP contribution >= 0.6 is 0 Å². The molecule has 2 saturated heterocycles. The molecule has 2 aliphatic rings. The van der Waals surface area contributed by atoms with Crippen LogP contribution < -0.4 is 5.32 Å². The zero-order valence-corrected chi connectivity index (χ0v) is 14.3. The van der Waals surface area contributed by atoms with Crippen molar-refractivity contribution in [2.24, 2.45) is 0 Å². The van der Waals surface area contributed by atoms with Crippen molar-refractivity contribution >= 4 is 6.03 Å². The molecule has 2 aliphatic heterocycles. The summed E-state index contributed by atoms with van der Waals surface area (Å²) in [4.78, 5) is 17.2. The number of likely N-dealkylation sites (tertiary alicyclic amines) is 2. The molecule has 0 radical (unpaired) electrons. The van der Waals surface area contributed by atoms with Gasteiger partial charge in [0, 0.05) is 25.7 Å². The third-order valence-corrected chi connectivity index (χ3v) is 5.16. The highest BCUT2D eigenvalue weighted by Crippen LogP contribution is 2.20. The van der Waals surface area contributed by atoms with Crippen LogP contribution in [-0.2, 0) is 6.54 Å². The van der Waals surface area contributed by atoms with Gasteiger partial charge in [0.05, 0.1) is 0 Å². The van der Waals surface area contributed by atoms with Gasteiger partial charge in [-0.2, -0.15) is 0 Å². The van der Waals surface area contributed by atoms with Crippen molar-refractivity contribution in [3.8, 4) is 0 Å². The molecule has 2 amide bonds. The zero-order chi connectivity index (χ0) is 16.8. The lowest BCUT2D eigenvalue weighted by atomic mass is 10.1. The van der Waals surface area contributed by atoms with Gasteiger partial charge < -0.3 is 15.1 Å². The van der Waals surface area contributed by atoms with Crippen LogP contribution in [0.5, 0.6) is 0 Å². The van der Waals surface area contributed by atoms with Crippen molar-refractivity contribution in [3.05, 3.63) is 35.6 Å². The fourth-order valence-electron chi connectivity index (χ4n) is 3.78. The summed E-state index contributed by atoms with van der Waals surface area (Å²) in [7, 11) is 0. The predicted molar refractivity (Wildman–Crippen MR) is 93.3 cm³/mol. The summed E-state index contributed by atoms with van der Waals surface area (Å²) in [6, 6.07) is 6.65. The van der Waals surface area contributed by atoms with Crippen molar-refractivity contribution in [2.45, 2.75) is 51.1 Å². The zero-order valence-electron chi connectivity index (χ0n) is 14.3. The Hall–Kier alpha value is -1.62. The Morgan fingerprint density at radius 1 is 1.04 bits per heavy atom. The molecule has 2 heterocycles. The summed E-state index contributed by atoms with van der Waals surface area (Å²) in [6.07, 6.45) is 7.16. The number of urea groups is 1. The lowest BCUT2D eigenvalue weighted by Gasteiger charge is -2.33. The fraction of sp³-hybridized carbons (Fsp3) is 0.632. The molecule has 1 atom stereocenters. The molecular weight excluding hydrogens is 305 g/mol. The average molecular weight is 333 g/mol. The maximum atomic E-state index is 13.0. The van der Waals surface area contributed by atoms with E-state index in [0.717, 1.165) is 31.5 Å². The minimum absolute atomic E-state index is 0.0189. The molecule has 2 fully saturated rings. The molecule has 3 rings (SSSR count). The summed E-state index contributed by atoms with van der Waals surface area (Å²) in [6.45, 7) is 4.63. The predicted octanol–water partition coefficient (Wildman–Crippen LogP) is 3.38. The van der Waals surface area contributed by atoms with Crippen molar-refractivity contribution in [3.63, 3.8) is 0 Å². The van der Waals surface area contributed by atoms with E-state index in [0.29, 0.717) is 12.6 Å². The molecule has 5 heteroatoms. The molecule has 1 aromatic carbocycles. The number of hydrogen-bond donors (Lipinski definition) is 1. The van der Waals surface area contributed by atoms with Gasteiger partial charge in [-0.25, -0.2) is 9.18 Å². The molecule has 4 nitrogen and oxygen atoms in total. The highest BCUT2D eigenvalue weighted by Gasteiger charge is 2.27. The quantitative estimate of drug-likeness (QED) is 0.917. The van der Waals surface area contributed by atoms with Crippen LogP contribution in [0, 0.1) is 5.82 Å². The Balaban J connectivity index is 1.57. The van der Waals surface area contributed by atoms with Gasteiger partial charge in [-0.1, -0.05) is 25.0 Å². The molecular formula is C19H28FN3O. The lowest BCUT2D eigenvalue weighted by Crippen LogP contribution is -2.49.